The zero-order valence-corrected chi connectivity index (χ0v) is 32.9. The Morgan fingerprint density at radius 1 is 0.367 bits per heavy atom. The SMILES string of the molecule is Cc1ccccc1N1c2ccccc2N(c2[c]([Sb]([c]3ccccc3)[c]3ccccc3)ccc[c]2[Sb]([c]2ccccc2)[c]2ccccc2)[C@@H]1C. The van der Waals surface area contributed by atoms with E-state index in [4.69, 9.17) is 0 Å². The van der Waals surface area contributed by atoms with E-state index in [-0.39, 0.29) is 6.17 Å². The number of fused-ring (bicyclic) bond motifs is 1. The van der Waals surface area contributed by atoms with Crippen molar-refractivity contribution in [3.63, 3.8) is 0 Å². The van der Waals surface area contributed by atoms with Gasteiger partial charge in [-0.25, -0.2) is 0 Å². The van der Waals surface area contributed by atoms with Gasteiger partial charge < -0.3 is 0 Å². The molecule has 1 heterocycles. The maximum absolute atomic E-state index is 2.71. The fourth-order valence-electron chi connectivity index (χ4n) is 7.15. The van der Waals surface area contributed by atoms with Gasteiger partial charge >= 0.3 is 308 Å². The second kappa shape index (κ2) is 14.3. The number of benzene rings is 7. The Morgan fingerprint density at radius 2 is 0.714 bits per heavy atom. The summed E-state index contributed by atoms with van der Waals surface area (Å²) in [5.74, 6) is 0. The van der Waals surface area contributed by atoms with Crippen LogP contribution in [0.5, 0.6) is 0 Å². The topological polar surface area (TPSA) is 6.48 Å². The molecule has 49 heavy (non-hydrogen) atoms. The third-order valence-corrected chi connectivity index (χ3v) is 23.4. The summed E-state index contributed by atoms with van der Waals surface area (Å²) in [6, 6.07) is 70.6. The van der Waals surface area contributed by atoms with E-state index in [0.717, 1.165) is 0 Å². The fourth-order valence-corrected chi connectivity index (χ4v) is 22.0. The van der Waals surface area contributed by atoms with Crippen LogP contribution in [0.2, 0.25) is 0 Å². The first-order valence-electron chi connectivity index (χ1n) is 16.9. The molecule has 1 aliphatic rings. The molecule has 0 saturated heterocycles. The average molecular weight is 850 g/mol. The van der Waals surface area contributed by atoms with E-state index in [2.05, 4.69) is 212 Å². The molecule has 238 valence electrons. The molecule has 0 radical (unpaired) electrons. The molecule has 7 aromatic carbocycles. The van der Waals surface area contributed by atoms with Crippen molar-refractivity contribution in [2.75, 3.05) is 9.80 Å². The molecule has 0 spiro atoms. The van der Waals surface area contributed by atoms with Gasteiger partial charge in [0.05, 0.1) is 0 Å². The van der Waals surface area contributed by atoms with Gasteiger partial charge in [0.25, 0.3) is 0 Å². The molecule has 0 bridgehead atoms. The summed E-state index contributed by atoms with van der Waals surface area (Å²) in [5, 5.41) is 0. The van der Waals surface area contributed by atoms with Crippen molar-refractivity contribution in [1.29, 1.82) is 0 Å². The van der Waals surface area contributed by atoms with Crippen molar-refractivity contribution in [3.05, 3.63) is 194 Å². The summed E-state index contributed by atoms with van der Waals surface area (Å²) < 4.78 is 8.96. The van der Waals surface area contributed by atoms with Gasteiger partial charge in [0.15, 0.2) is 0 Å². The number of para-hydroxylation sites is 4. The van der Waals surface area contributed by atoms with Gasteiger partial charge in [-0.15, -0.1) is 0 Å². The Bertz CT molecular complexity index is 1990. The number of aryl methyl sites for hydroxylation is 1. The number of hydrogen-bond donors (Lipinski definition) is 0. The van der Waals surface area contributed by atoms with Crippen molar-refractivity contribution in [2.24, 2.45) is 0 Å². The molecule has 8 rings (SSSR count). The Morgan fingerprint density at radius 3 is 1.12 bits per heavy atom. The second-order valence-corrected chi connectivity index (χ2v) is 24.8. The minimum atomic E-state index is -2.58. The molecule has 0 unspecified atom stereocenters. The van der Waals surface area contributed by atoms with E-state index >= 15 is 0 Å². The van der Waals surface area contributed by atoms with Gasteiger partial charge in [-0.2, -0.15) is 0 Å². The molecular weight excluding hydrogens is 812 g/mol. The van der Waals surface area contributed by atoms with Gasteiger partial charge in [-0.1, -0.05) is 0 Å². The van der Waals surface area contributed by atoms with E-state index in [9.17, 15) is 0 Å². The molecule has 7 aromatic rings. The maximum atomic E-state index is 2.71. The van der Waals surface area contributed by atoms with Crippen LogP contribution in [-0.4, -0.2) is 46.6 Å². The van der Waals surface area contributed by atoms with E-state index in [0.29, 0.717) is 0 Å². The predicted octanol–water partition coefficient (Wildman–Crippen LogP) is 6.66. The van der Waals surface area contributed by atoms with Crippen LogP contribution in [0.4, 0.5) is 22.7 Å². The van der Waals surface area contributed by atoms with Crippen LogP contribution in [0.1, 0.15) is 12.5 Å². The van der Waals surface area contributed by atoms with Crippen LogP contribution in [0, 0.1) is 6.92 Å². The zero-order chi connectivity index (χ0) is 33.2. The third-order valence-electron chi connectivity index (χ3n) is 9.30. The summed E-state index contributed by atoms with van der Waals surface area (Å²) in [5.41, 5.74) is 6.50. The van der Waals surface area contributed by atoms with Crippen molar-refractivity contribution >= 4 is 84.2 Å². The Kier molecular flexibility index (Phi) is 9.36. The molecule has 0 aromatic heterocycles. The first-order chi connectivity index (χ1) is 24.2. The third kappa shape index (κ3) is 6.12. The van der Waals surface area contributed by atoms with Gasteiger partial charge in [-0.3, -0.25) is 0 Å². The van der Waals surface area contributed by atoms with Gasteiger partial charge in [0, 0.05) is 0 Å². The van der Waals surface area contributed by atoms with Crippen LogP contribution in [0.15, 0.2) is 188 Å². The Labute approximate surface area is 305 Å². The van der Waals surface area contributed by atoms with Crippen molar-refractivity contribution < 1.29 is 0 Å². The van der Waals surface area contributed by atoms with Crippen molar-refractivity contribution in [1.82, 2.24) is 0 Å². The van der Waals surface area contributed by atoms with E-state index in [1.165, 1.54) is 49.4 Å². The molecule has 2 nitrogen and oxygen atoms in total. The van der Waals surface area contributed by atoms with Crippen LogP contribution < -0.4 is 30.9 Å². The fraction of sp³-hybridized carbons (Fsp3) is 0.0667. The first-order valence-corrected chi connectivity index (χ1v) is 24.5. The summed E-state index contributed by atoms with van der Waals surface area (Å²) in [6.45, 7) is 4.63. The van der Waals surface area contributed by atoms with Gasteiger partial charge in [0.2, 0.25) is 0 Å². The molecule has 0 fully saturated rings. The standard InChI is InChI=1S/C21H18N2.4C6H5.2Sb/c1-16-10-6-7-13-19(16)23-17(2)22(18-11-4-3-5-12-18)20-14-8-9-15-21(20)23;4*1-2-4-6-5-3-1;;/h3-10,13-15,17H,1-2H3;4*1-5H;;/t17-;;;;;;/m0....../s1. The molecule has 0 aliphatic carbocycles. The van der Waals surface area contributed by atoms with Crippen molar-refractivity contribution in [2.45, 2.75) is 20.0 Å². The monoisotopic (exact) mass is 848 g/mol. The number of anilines is 4. The molecule has 0 saturated carbocycles. The molecule has 4 heteroatoms. The van der Waals surface area contributed by atoms with E-state index < -0.39 is 40.4 Å². The van der Waals surface area contributed by atoms with Crippen LogP contribution in [-0.2, 0) is 0 Å². The summed E-state index contributed by atoms with van der Waals surface area (Å²) in [4.78, 5) is 5.27. The van der Waals surface area contributed by atoms with Gasteiger partial charge in [-0.05, 0) is 0 Å². The summed E-state index contributed by atoms with van der Waals surface area (Å²) in [6.07, 6.45) is 0.0705. The van der Waals surface area contributed by atoms with Crippen LogP contribution in [0.25, 0.3) is 0 Å². The van der Waals surface area contributed by atoms with E-state index in [1.54, 1.807) is 0 Å². The molecular formula is C45H38N2Sb2. The molecule has 0 amide bonds. The molecule has 1 atom stereocenters. The second-order valence-electron chi connectivity index (χ2n) is 12.3. The quantitative estimate of drug-likeness (QED) is 0.158. The predicted molar refractivity (Wildman–Crippen MR) is 213 cm³/mol. The van der Waals surface area contributed by atoms with Crippen molar-refractivity contribution in [3.8, 4) is 0 Å². The summed E-state index contributed by atoms with van der Waals surface area (Å²) in [7, 11) is 0. The minimum absolute atomic E-state index is 0.0705. The molecule has 0 N–H and O–H groups in total. The Balaban J connectivity index is 1.45. The number of rotatable bonds is 8. The Hall–Kier alpha value is -4.22. The van der Waals surface area contributed by atoms with Gasteiger partial charge in [0.1, 0.15) is 0 Å². The first kappa shape index (κ1) is 32.0. The van der Waals surface area contributed by atoms with Crippen LogP contribution >= 0.6 is 0 Å². The normalized spacial score (nSPS) is 14.0. The molecule has 1 aliphatic heterocycles. The summed E-state index contributed by atoms with van der Waals surface area (Å²) >= 11 is -5.15. The van der Waals surface area contributed by atoms with Crippen LogP contribution in [0.3, 0.4) is 0 Å². The zero-order valence-electron chi connectivity index (χ0n) is 27.8. The number of nitrogens with zero attached hydrogens (tertiary/aromatic N) is 2. The van der Waals surface area contributed by atoms with E-state index in [1.807, 2.05) is 0 Å². The number of hydrogen-bond acceptors (Lipinski definition) is 2. The average Bonchev–Trinajstić information content (AvgIpc) is 3.45.